The Hall–Kier alpha value is -2.40. The van der Waals surface area contributed by atoms with Crippen LogP contribution >= 0.6 is 15.9 Å². The van der Waals surface area contributed by atoms with Gasteiger partial charge in [0.25, 0.3) is 0 Å². The molecule has 2 amide bonds. The maximum absolute atomic E-state index is 11.8. The Morgan fingerprint density at radius 2 is 1.78 bits per heavy atom. The summed E-state index contributed by atoms with van der Waals surface area (Å²) in [6, 6.07) is 15.1. The summed E-state index contributed by atoms with van der Waals surface area (Å²) in [5, 5.41) is 5.28. The molecule has 23 heavy (non-hydrogen) atoms. The molecule has 5 heteroatoms. The number of carbonyl (C=O) groups is 2. The van der Waals surface area contributed by atoms with Crippen molar-refractivity contribution in [1.82, 2.24) is 5.32 Å². The number of aryl methyl sites for hydroxylation is 1. The van der Waals surface area contributed by atoms with E-state index in [1.807, 2.05) is 49.4 Å². The molecule has 2 rings (SSSR count). The predicted molar refractivity (Wildman–Crippen MR) is 96.0 cm³/mol. The minimum atomic E-state index is -0.310. The Morgan fingerprint density at radius 1 is 1.09 bits per heavy atom. The molecule has 0 bridgehead atoms. The van der Waals surface area contributed by atoms with E-state index >= 15 is 0 Å². The SMILES string of the molecule is Cc1ccccc1/C=C/C(=O)NCC(=O)Nc1ccccc1Br. The van der Waals surface area contributed by atoms with Gasteiger partial charge in [0.2, 0.25) is 11.8 Å². The van der Waals surface area contributed by atoms with E-state index in [1.165, 1.54) is 6.08 Å². The van der Waals surface area contributed by atoms with Crippen LogP contribution in [0.2, 0.25) is 0 Å². The number of hydrogen-bond donors (Lipinski definition) is 2. The van der Waals surface area contributed by atoms with Crippen molar-refractivity contribution in [2.24, 2.45) is 0 Å². The molecule has 0 aliphatic carbocycles. The van der Waals surface area contributed by atoms with Gasteiger partial charge in [-0.25, -0.2) is 0 Å². The molecule has 0 aliphatic heterocycles. The molecule has 0 radical (unpaired) electrons. The fourth-order valence-electron chi connectivity index (χ4n) is 1.92. The standard InChI is InChI=1S/C18H17BrN2O2/c1-13-6-2-3-7-14(13)10-11-17(22)20-12-18(23)21-16-9-5-4-8-15(16)19/h2-11H,12H2,1H3,(H,20,22)(H,21,23)/b11-10+. The molecule has 0 saturated heterocycles. The van der Waals surface area contributed by atoms with Crippen LogP contribution < -0.4 is 10.6 Å². The van der Waals surface area contributed by atoms with Gasteiger partial charge in [0.05, 0.1) is 12.2 Å². The van der Waals surface area contributed by atoms with Gasteiger partial charge >= 0.3 is 0 Å². The predicted octanol–water partition coefficient (Wildman–Crippen LogP) is 3.53. The normalized spacial score (nSPS) is 10.5. The second kappa shape index (κ2) is 8.29. The lowest BCUT2D eigenvalue weighted by Gasteiger charge is -2.07. The number of nitrogens with one attached hydrogen (secondary N) is 2. The Morgan fingerprint density at radius 3 is 2.52 bits per heavy atom. The molecule has 0 aliphatic rings. The van der Waals surface area contributed by atoms with Crippen molar-refractivity contribution < 1.29 is 9.59 Å². The largest absolute Gasteiger partial charge is 0.343 e. The lowest BCUT2D eigenvalue weighted by Crippen LogP contribution is -2.31. The van der Waals surface area contributed by atoms with E-state index < -0.39 is 0 Å². The molecule has 2 aromatic carbocycles. The van der Waals surface area contributed by atoms with Crippen LogP contribution in [0.25, 0.3) is 6.08 Å². The average molecular weight is 373 g/mol. The molecular formula is C18H17BrN2O2. The lowest BCUT2D eigenvalue weighted by molar-refractivity contribution is -0.121. The van der Waals surface area contributed by atoms with Gasteiger partial charge in [-0.3, -0.25) is 9.59 Å². The Kier molecular flexibility index (Phi) is 6.11. The number of amides is 2. The summed E-state index contributed by atoms with van der Waals surface area (Å²) in [5.41, 5.74) is 2.73. The summed E-state index contributed by atoms with van der Waals surface area (Å²) < 4.78 is 0.791. The minimum absolute atomic E-state index is 0.0850. The molecule has 0 unspecified atom stereocenters. The van der Waals surface area contributed by atoms with Crippen molar-refractivity contribution in [2.75, 3.05) is 11.9 Å². The quantitative estimate of drug-likeness (QED) is 0.788. The highest BCUT2D eigenvalue weighted by atomic mass is 79.9. The maximum Gasteiger partial charge on any atom is 0.244 e. The number of anilines is 1. The molecule has 0 heterocycles. The van der Waals surface area contributed by atoms with Gasteiger partial charge < -0.3 is 10.6 Å². The van der Waals surface area contributed by atoms with E-state index in [9.17, 15) is 9.59 Å². The lowest BCUT2D eigenvalue weighted by atomic mass is 10.1. The number of rotatable bonds is 5. The van der Waals surface area contributed by atoms with Gasteiger partial charge in [-0.1, -0.05) is 36.4 Å². The van der Waals surface area contributed by atoms with E-state index in [0.717, 1.165) is 15.6 Å². The monoisotopic (exact) mass is 372 g/mol. The summed E-state index contributed by atoms with van der Waals surface area (Å²) >= 11 is 3.35. The van der Waals surface area contributed by atoms with Crippen LogP contribution in [0.15, 0.2) is 59.1 Å². The van der Waals surface area contributed by atoms with E-state index in [0.29, 0.717) is 5.69 Å². The summed E-state index contributed by atoms with van der Waals surface area (Å²) in [4.78, 5) is 23.6. The Bertz CT molecular complexity index is 741. The smallest absolute Gasteiger partial charge is 0.244 e. The molecular weight excluding hydrogens is 356 g/mol. The molecule has 0 atom stereocenters. The zero-order valence-electron chi connectivity index (χ0n) is 12.7. The first kappa shape index (κ1) is 17.0. The van der Waals surface area contributed by atoms with E-state index in [2.05, 4.69) is 26.6 Å². The van der Waals surface area contributed by atoms with Crippen molar-refractivity contribution in [3.63, 3.8) is 0 Å². The number of hydrogen-bond acceptors (Lipinski definition) is 2. The molecule has 0 spiro atoms. The van der Waals surface area contributed by atoms with Gasteiger partial charge in [0.15, 0.2) is 0 Å². The van der Waals surface area contributed by atoms with Crippen LogP contribution in [-0.2, 0) is 9.59 Å². The molecule has 0 aromatic heterocycles. The molecule has 4 nitrogen and oxygen atoms in total. The second-order valence-electron chi connectivity index (χ2n) is 4.94. The van der Waals surface area contributed by atoms with Gasteiger partial charge in [0.1, 0.15) is 0 Å². The highest BCUT2D eigenvalue weighted by Crippen LogP contribution is 2.20. The Labute approximate surface area is 143 Å². The number of halogens is 1. The van der Waals surface area contributed by atoms with Crippen molar-refractivity contribution in [3.8, 4) is 0 Å². The second-order valence-corrected chi connectivity index (χ2v) is 5.79. The average Bonchev–Trinajstić information content (AvgIpc) is 2.54. The summed E-state index contributed by atoms with van der Waals surface area (Å²) in [7, 11) is 0. The summed E-state index contributed by atoms with van der Waals surface area (Å²) in [5.74, 6) is -0.593. The zero-order chi connectivity index (χ0) is 16.7. The van der Waals surface area contributed by atoms with Gasteiger partial charge in [0, 0.05) is 10.5 Å². The highest BCUT2D eigenvalue weighted by Gasteiger charge is 2.06. The molecule has 118 valence electrons. The first-order valence-electron chi connectivity index (χ1n) is 7.12. The van der Waals surface area contributed by atoms with Crippen LogP contribution in [0.1, 0.15) is 11.1 Å². The Balaban J connectivity index is 1.83. The number of para-hydroxylation sites is 1. The third kappa shape index (κ3) is 5.38. The van der Waals surface area contributed by atoms with E-state index in [-0.39, 0.29) is 18.4 Å². The van der Waals surface area contributed by atoms with E-state index in [4.69, 9.17) is 0 Å². The molecule has 2 N–H and O–H groups in total. The number of benzene rings is 2. The third-order valence-corrected chi connectivity index (χ3v) is 3.87. The summed E-state index contributed by atoms with van der Waals surface area (Å²) in [6.07, 6.45) is 3.16. The van der Waals surface area contributed by atoms with Crippen molar-refractivity contribution in [1.29, 1.82) is 0 Å². The van der Waals surface area contributed by atoms with Crippen LogP contribution in [0.5, 0.6) is 0 Å². The highest BCUT2D eigenvalue weighted by molar-refractivity contribution is 9.10. The van der Waals surface area contributed by atoms with Crippen molar-refractivity contribution in [2.45, 2.75) is 6.92 Å². The van der Waals surface area contributed by atoms with Crippen LogP contribution in [0, 0.1) is 6.92 Å². The minimum Gasteiger partial charge on any atom is -0.343 e. The van der Waals surface area contributed by atoms with Crippen molar-refractivity contribution in [3.05, 3.63) is 70.2 Å². The van der Waals surface area contributed by atoms with E-state index in [1.54, 1.807) is 12.1 Å². The van der Waals surface area contributed by atoms with Gasteiger partial charge in [-0.05, 0) is 52.2 Å². The molecule has 0 fully saturated rings. The first-order valence-corrected chi connectivity index (χ1v) is 7.91. The van der Waals surface area contributed by atoms with Crippen LogP contribution in [-0.4, -0.2) is 18.4 Å². The third-order valence-electron chi connectivity index (χ3n) is 3.17. The zero-order valence-corrected chi connectivity index (χ0v) is 14.3. The molecule has 0 saturated carbocycles. The fourth-order valence-corrected chi connectivity index (χ4v) is 2.31. The van der Waals surface area contributed by atoms with Crippen molar-refractivity contribution >= 4 is 39.5 Å². The molecule has 2 aromatic rings. The van der Waals surface area contributed by atoms with Crippen LogP contribution in [0.4, 0.5) is 5.69 Å². The maximum atomic E-state index is 11.8. The fraction of sp³-hybridized carbons (Fsp3) is 0.111. The van der Waals surface area contributed by atoms with Gasteiger partial charge in [-0.2, -0.15) is 0 Å². The topological polar surface area (TPSA) is 58.2 Å². The number of carbonyl (C=O) groups excluding carboxylic acids is 2. The van der Waals surface area contributed by atoms with Crippen LogP contribution in [0.3, 0.4) is 0 Å². The van der Waals surface area contributed by atoms with Gasteiger partial charge in [-0.15, -0.1) is 0 Å². The summed E-state index contributed by atoms with van der Waals surface area (Å²) in [6.45, 7) is 1.89. The first-order chi connectivity index (χ1) is 11.1.